The van der Waals surface area contributed by atoms with Gasteiger partial charge in [-0.25, -0.2) is 9.37 Å². The Morgan fingerprint density at radius 1 is 1.17 bits per heavy atom. The number of nitrogens with one attached hydrogen (secondary N) is 1. The third-order valence-corrected chi connectivity index (χ3v) is 5.45. The number of hydrogen-bond donors (Lipinski definition) is 1. The predicted octanol–water partition coefficient (Wildman–Crippen LogP) is 4.75. The van der Waals surface area contributed by atoms with Gasteiger partial charge in [-0.2, -0.15) is 0 Å². The number of likely N-dealkylation sites (N-methyl/N-ethyl adjacent to an activating group) is 1. The van der Waals surface area contributed by atoms with Crippen LogP contribution in [0.15, 0.2) is 53.8 Å². The number of aromatic nitrogens is 2. The SMILES string of the molecule is CSc1ncc(C(=O)N(C)CC(=O)Nc2c(Cl)cccc2Cl)n1-c1ccc(F)cc1. The summed E-state index contributed by atoms with van der Waals surface area (Å²) < 4.78 is 14.9. The van der Waals surface area contributed by atoms with Gasteiger partial charge in [-0.05, 0) is 42.7 Å². The summed E-state index contributed by atoms with van der Waals surface area (Å²) in [5.74, 6) is -1.27. The van der Waals surface area contributed by atoms with Crippen molar-refractivity contribution in [3.63, 3.8) is 0 Å². The second-order valence-corrected chi connectivity index (χ2v) is 7.84. The maximum Gasteiger partial charge on any atom is 0.272 e. The van der Waals surface area contributed by atoms with Crippen LogP contribution in [0, 0.1) is 5.82 Å². The lowest BCUT2D eigenvalue weighted by Gasteiger charge is -2.19. The highest BCUT2D eigenvalue weighted by Crippen LogP contribution is 2.29. The van der Waals surface area contributed by atoms with Gasteiger partial charge in [0.25, 0.3) is 5.91 Å². The molecule has 10 heteroatoms. The smallest absolute Gasteiger partial charge is 0.272 e. The van der Waals surface area contributed by atoms with Gasteiger partial charge in [0.2, 0.25) is 5.91 Å². The van der Waals surface area contributed by atoms with Crippen molar-refractivity contribution in [2.24, 2.45) is 0 Å². The van der Waals surface area contributed by atoms with Crippen LogP contribution in [0.5, 0.6) is 0 Å². The van der Waals surface area contributed by atoms with Crippen LogP contribution in [0.1, 0.15) is 10.5 Å². The average Bonchev–Trinajstić information content (AvgIpc) is 3.15. The molecule has 0 aliphatic carbocycles. The van der Waals surface area contributed by atoms with Crippen molar-refractivity contribution in [1.29, 1.82) is 0 Å². The maximum absolute atomic E-state index is 13.3. The summed E-state index contributed by atoms with van der Waals surface area (Å²) in [7, 11) is 1.50. The molecule has 2 aromatic carbocycles. The van der Waals surface area contributed by atoms with Crippen molar-refractivity contribution in [2.45, 2.75) is 5.16 Å². The highest BCUT2D eigenvalue weighted by molar-refractivity contribution is 7.98. The van der Waals surface area contributed by atoms with Crippen LogP contribution in [-0.2, 0) is 4.79 Å². The van der Waals surface area contributed by atoms with Crippen LogP contribution < -0.4 is 5.32 Å². The molecule has 0 bridgehead atoms. The standard InChI is InChI=1S/C20H17Cl2FN4O2S/c1-26(11-17(28)25-18-14(21)4-3-5-15(18)22)19(29)16-10-24-20(30-2)27(16)13-8-6-12(23)7-9-13/h3-10H,11H2,1-2H3,(H,25,28). The summed E-state index contributed by atoms with van der Waals surface area (Å²) in [6, 6.07) is 10.6. The number of rotatable bonds is 6. The van der Waals surface area contributed by atoms with Crippen LogP contribution in [0.2, 0.25) is 10.0 Å². The summed E-state index contributed by atoms with van der Waals surface area (Å²) in [6.45, 7) is -0.233. The quantitative estimate of drug-likeness (QED) is 0.532. The molecule has 0 aliphatic heterocycles. The van der Waals surface area contributed by atoms with E-state index in [0.717, 1.165) is 0 Å². The predicted molar refractivity (Wildman–Crippen MR) is 117 cm³/mol. The molecule has 0 fully saturated rings. The van der Waals surface area contributed by atoms with Crippen molar-refractivity contribution in [1.82, 2.24) is 14.5 Å². The number of carbonyl (C=O) groups excluding carboxylic acids is 2. The number of thioether (sulfide) groups is 1. The van der Waals surface area contributed by atoms with Crippen LogP contribution in [0.3, 0.4) is 0 Å². The van der Waals surface area contributed by atoms with Gasteiger partial charge in [0, 0.05) is 12.7 Å². The van der Waals surface area contributed by atoms with Gasteiger partial charge < -0.3 is 10.2 Å². The molecule has 1 aromatic heterocycles. The van der Waals surface area contributed by atoms with E-state index >= 15 is 0 Å². The maximum atomic E-state index is 13.3. The second kappa shape index (κ2) is 9.51. The highest BCUT2D eigenvalue weighted by atomic mass is 35.5. The molecule has 0 saturated heterocycles. The number of imidazole rings is 1. The average molecular weight is 467 g/mol. The number of benzene rings is 2. The molecule has 0 spiro atoms. The summed E-state index contributed by atoms with van der Waals surface area (Å²) >= 11 is 13.5. The van der Waals surface area contributed by atoms with Crippen molar-refractivity contribution in [2.75, 3.05) is 25.2 Å². The van der Waals surface area contributed by atoms with Gasteiger partial charge in [0.05, 0.1) is 28.5 Å². The van der Waals surface area contributed by atoms with Crippen LogP contribution in [0.4, 0.5) is 10.1 Å². The first kappa shape index (κ1) is 22.1. The zero-order valence-corrected chi connectivity index (χ0v) is 18.4. The van der Waals surface area contributed by atoms with E-state index in [1.54, 1.807) is 34.9 Å². The zero-order chi connectivity index (χ0) is 21.8. The van der Waals surface area contributed by atoms with Gasteiger partial charge in [0.15, 0.2) is 5.16 Å². The first-order chi connectivity index (χ1) is 14.3. The minimum absolute atomic E-state index is 0.233. The molecule has 0 saturated carbocycles. The molecule has 3 aromatic rings. The van der Waals surface area contributed by atoms with Gasteiger partial charge >= 0.3 is 0 Å². The number of para-hydroxylation sites is 1. The van der Waals surface area contributed by atoms with Gasteiger partial charge in [-0.15, -0.1) is 0 Å². The highest BCUT2D eigenvalue weighted by Gasteiger charge is 2.23. The van der Waals surface area contributed by atoms with E-state index in [0.29, 0.717) is 20.9 Å². The van der Waals surface area contributed by atoms with E-state index in [9.17, 15) is 14.0 Å². The van der Waals surface area contributed by atoms with Crippen molar-refractivity contribution >= 4 is 52.5 Å². The van der Waals surface area contributed by atoms with Crippen molar-refractivity contribution < 1.29 is 14.0 Å². The molecule has 0 aliphatic rings. The Hall–Kier alpha value is -2.55. The lowest BCUT2D eigenvalue weighted by Crippen LogP contribution is -2.36. The first-order valence-corrected chi connectivity index (χ1v) is 10.7. The molecule has 1 N–H and O–H groups in total. The number of halogens is 3. The molecule has 0 radical (unpaired) electrons. The number of anilines is 1. The number of nitrogens with zero attached hydrogens (tertiary/aromatic N) is 3. The van der Waals surface area contributed by atoms with Crippen LogP contribution in [0.25, 0.3) is 5.69 Å². The van der Waals surface area contributed by atoms with Crippen molar-refractivity contribution in [3.05, 3.63) is 70.2 Å². The minimum Gasteiger partial charge on any atom is -0.331 e. The zero-order valence-electron chi connectivity index (χ0n) is 16.0. The molecular formula is C20H17Cl2FN4O2S. The molecule has 30 heavy (non-hydrogen) atoms. The van der Waals surface area contributed by atoms with E-state index in [2.05, 4.69) is 10.3 Å². The molecule has 3 rings (SSSR count). The molecule has 0 atom stereocenters. The molecule has 0 unspecified atom stereocenters. The number of amides is 2. The topological polar surface area (TPSA) is 67.2 Å². The fraction of sp³-hybridized carbons (Fsp3) is 0.150. The Morgan fingerprint density at radius 2 is 1.80 bits per heavy atom. The first-order valence-electron chi connectivity index (χ1n) is 8.68. The largest absolute Gasteiger partial charge is 0.331 e. The van der Waals surface area contributed by atoms with E-state index in [-0.39, 0.29) is 23.7 Å². The van der Waals surface area contributed by atoms with E-state index in [1.807, 2.05) is 6.26 Å². The van der Waals surface area contributed by atoms with E-state index in [4.69, 9.17) is 23.2 Å². The second-order valence-electron chi connectivity index (χ2n) is 6.25. The number of carbonyl (C=O) groups is 2. The fourth-order valence-corrected chi connectivity index (χ4v) is 3.78. The lowest BCUT2D eigenvalue weighted by molar-refractivity contribution is -0.116. The van der Waals surface area contributed by atoms with Gasteiger partial charge in [-0.1, -0.05) is 41.0 Å². The minimum atomic E-state index is -0.459. The summed E-state index contributed by atoms with van der Waals surface area (Å²) in [5.41, 5.74) is 1.12. The van der Waals surface area contributed by atoms with Crippen LogP contribution in [-0.4, -0.2) is 46.1 Å². The lowest BCUT2D eigenvalue weighted by atomic mass is 10.3. The third-order valence-electron chi connectivity index (χ3n) is 4.17. The molecule has 2 amide bonds. The van der Waals surface area contributed by atoms with Gasteiger partial charge in [-0.3, -0.25) is 14.2 Å². The summed E-state index contributed by atoms with van der Waals surface area (Å²) in [4.78, 5) is 30.9. The molecular weight excluding hydrogens is 450 g/mol. The normalized spacial score (nSPS) is 10.7. The van der Waals surface area contributed by atoms with E-state index < -0.39 is 11.8 Å². The Labute approximate surface area is 187 Å². The molecule has 1 heterocycles. The summed E-state index contributed by atoms with van der Waals surface area (Å²) in [5, 5.41) is 3.77. The Morgan fingerprint density at radius 3 is 2.40 bits per heavy atom. The Kier molecular flexibility index (Phi) is 7.02. The monoisotopic (exact) mass is 466 g/mol. The van der Waals surface area contributed by atoms with Crippen molar-refractivity contribution in [3.8, 4) is 5.69 Å². The Balaban J connectivity index is 1.80. The Bertz CT molecular complexity index is 1070. The third kappa shape index (κ3) is 4.77. The fourth-order valence-electron chi connectivity index (χ4n) is 2.75. The number of hydrogen-bond acceptors (Lipinski definition) is 4. The summed E-state index contributed by atoms with van der Waals surface area (Å²) in [6.07, 6.45) is 3.25. The van der Waals surface area contributed by atoms with Crippen LogP contribution >= 0.6 is 35.0 Å². The molecule has 156 valence electrons. The van der Waals surface area contributed by atoms with Gasteiger partial charge in [0.1, 0.15) is 11.5 Å². The molecule has 6 nitrogen and oxygen atoms in total. The van der Waals surface area contributed by atoms with E-state index in [1.165, 1.54) is 42.0 Å².